The highest BCUT2D eigenvalue weighted by Crippen LogP contribution is 2.40. The predicted molar refractivity (Wildman–Crippen MR) is 126 cm³/mol. The van der Waals surface area contributed by atoms with Gasteiger partial charge in [-0.15, -0.1) is 0 Å². The van der Waals surface area contributed by atoms with Gasteiger partial charge in [-0.25, -0.2) is 20.0 Å². The van der Waals surface area contributed by atoms with Crippen LogP contribution in [0, 0.1) is 5.92 Å². The molecule has 6 heteroatoms. The average molecular weight is 416 g/mol. The number of fused-ring (bicyclic) bond motifs is 1. The average Bonchev–Trinajstić information content (AvgIpc) is 3.03. The summed E-state index contributed by atoms with van der Waals surface area (Å²) in [5.41, 5.74) is 0.996. The molecule has 160 valence electrons. The third-order valence-corrected chi connectivity index (χ3v) is 5.36. The number of aliphatic imine (C=N–C) groups is 1. The number of pyridine rings is 1. The summed E-state index contributed by atoms with van der Waals surface area (Å²) in [5.74, 6) is 0.653. The third kappa shape index (κ3) is 4.10. The van der Waals surface area contributed by atoms with E-state index in [4.69, 9.17) is 4.99 Å². The number of rotatable bonds is 6. The molecule has 1 aromatic heterocycles. The number of benzene rings is 2. The molecule has 1 amide bonds. The second kappa shape index (κ2) is 8.76. The lowest BCUT2D eigenvalue weighted by Crippen LogP contribution is -2.44. The summed E-state index contributed by atoms with van der Waals surface area (Å²) < 4.78 is 0. The van der Waals surface area contributed by atoms with Gasteiger partial charge in [-0.2, -0.15) is 0 Å². The Morgan fingerprint density at radius 1 is 1.06 bits per heavy atom. The fraction of sp³-hybridized carbons (Fsp3) is 0.320. The number of anilines is 1. The number of aromatic nitrogens is 1. The van der Waals surface area contributed by atoms with Gasteiger partial charge in [0.05, 0.1) is 6.34 Å². The highest BCUT2D eigenvalue weighted by molar-refractivity contribution is 5.96. The van der Waals surface area contributed by atoms with Crippen molar-refractivity contribution in [1.29, 1.82) is 0 Å². The molecule has 6 nitrogen and oxygen atoms in total. The van der Waals surface area contributed by atoms with E-state index in [-0.39, 0.29) is 5.91 Å². The second-order valence-electron chi connectivity index (χ2n) is 8.53. The number of carbonyl (C=O) groups is 1. The Labute approximate surface area is 183 Å². The molecule has 0 N–H and O–H groups in total. The van der Waals surface area contributed by atoms with E-state index in [1.54, 1.807) is 12.5 Å². The first-order chi connectivity index (χ1) is 15.0. The molecule has 1 aliphatic rings. The fourth-order valence-electron chi connectivity index (χ4n) is 4.12. The van der Waals surface area contributed by atoms with Gasteiger partial charge in [-0.05, 0) is 34.4 Å². The molecule has 0 bridgehead atoms. The Balaban J connectivity index is 1.90. The largest absolute Gasteiger partial charge is 0.369 e. The summed E-state index contributed by atoms with van der Waals surface area (Å²) in [6, 6.07) is 20.1. The van der Waals surface area contributed by atoms with Gasteiger partial charge in [0.2, 0.25) is 0 Å². The number of nitrogens with zero attached hydrogens (tertiary/aromatic N) is 5. The summed E-state index contributed by atoms with van der Waals surface area (Å²) in [6.07, 6.45) is 3.12. The highest BCUT2D eigenvalue weighted by atomic mass is 16.2. The first-order valence-electron chi connectivity index (χ1n) is 10.7. The molecule has 2 heterocycles. The first-order valence-corrected chi connectivity index (χ1v) is 10.7. The van der Waals surface area contributed by atoms with Crippen molar-refractivity contribution >= 4 is 28.8 Å². The summed E-state index contributed by atoms with van der Waals surface area (Å²) in [6.45, 7) is 4.84. The molecule has 0 radical (unpaired) electrons. The van der Waals surface area contributed by atoms with Crippen LogP contribution in [0.4, 0.5) is 5.82 Å². The SMILES string of the molecule is CC(C)CN1C(=O)C(c2cccc3ccccc23)C(N=CN(C)C)N1c1ccccn1. The summed E-state index contributed by atoms with van der Waals surface area (Å²) in [4.78, 5) is 25.2. The molecule has 0 saturated carbocycles. The zero-order chi connectivity index (χ0) is 22.0. The number of hydrogen-bond acceptors (Lipinski definition) is 4. The molecular formula is C25H29N5O. The summed E-state index contributed by atoms with van der Waals surface area (Å²) in [5, 5.41) is 6.00. The van der Waals surface area contributed by atoms with Gasteiger partial charge in [-0.3, -0.25) is 4.79 Å². The number of hydrogen-bond donors (Lipinski definition) is 0. The molecule has 0 aliphatic carbocycles. The van der Waals surface area contributed by atoms with Crippen LogP contribution in [-0.4, -0.2) is 53.9 Å². The minimum Gasteiger partial charge on any atom is -0.369 e. The van der Waals surface area contributed by atoms with Crippen LogP contribution in [0.15, 0.2) is 71.9 Å². The minimum atomic E-state index is -0.428. The molecule has 2 atom stereocenters. The van der Waals surface area contributed by atoms with E-state index in [9.17, 15) is 4.79 Å². The lowest BCUT2D eigenvalue weighted by Gasteiger charge is -2.32. The fourth-order valence-corrected chi connectivity index (χ4v) is 4.12. The van der Waals surface area contributed by atoms with Crippen molar-refractivity contribution in [3.63, 3.8) is 0 Å². The van der Waals surface area contributed by atoms with Crippen molar-refractivity contribution in [1.82, 2.24) is 14.9 Å². The number of hydrazine groups is 1. The van der Waals surface area contributed by atoms with Crippen molar-refractivity contribution in [3.8, 4) is 0 Å². The Morgan fingerprint density at radius 2 is 1.81 bits per heavy atom. The Hall–Kier alpha value is -3.41. The van der Waals surface area contributed by atoms with Gasteiger partial charge in [0.25, 0.3) is 5.91 Å². The minimum absolute atomic E-state index is 0.0524. The molecule has 1 aliphatic heterocycles. The highest BCUT2D eigenvalue weighted by Gasteiger charge is 2.48. The van der Waals surface area contributed by atoms with Crippen LogP contribution in [0.1, 0.15) is 25.3 Å². The summed E-state index contributed by atoms with van der Waals surface area (Å²) >= 11 is 0. The molecule has 4 rings (SSSR count). The van der Waals surface area contributed by atoms with Gasteiger partial charge >= 0.3 is 0 Å². The maximum Gasteiger partial charge on any atom is 0.252 e. The van der Waals surface area contributed by atoms with Gasteiger partial charge in [0, 0.05) is 26.8 Å². The van der Waals surface area contributed by atoms with Gasteiger partial charge in [0.15, 0.2) is 6.17 Å². The second-order valence-corrected chi connectivity index (χ2v) is 8.53. The van der Waals surface area contributed by atoms with E-state index < -0.39 is 12.1 Å². The molecule has 31 heavy (non-hydrogen) atoms. The van der Waals surface area contributed by atoms with E-state index >= 15 is 0 Å². The van der Waals surface area contributed by atoms with E-state index in [0.29, 0.717) is 12.5 Å². The molecular weight excluding hydrogens is 386 g/mol. The molecule has 2 aromatic carbocycles. The standard InChI is InChI=1S/C25H29N5O/c1-18(2)16-29-25(31)23(21-13-9-11-19-10-5-6-12-20(19)21)24(27-17-28(3)4)30(29)22-14-7-8-15-26-22/h5-15,17-18,23-24H,16H2,1-4H3. The monoisotopic (exact) mass is 415 g/mol. The van der Waals surface area contributed by atoms with Crippen LogP contribution >= 0.6 is 0 Å². The Kier molecular flexibility index (Phi) is 5.89. The smallest absolute Gasteiger partial charge is 0.252 e. The van der Waals surface area contributed by atoms with E-state index in [1.807, 2.05) is 65.4 Å². The number of carbonyl (C=O) groups excluding carboxylic acids is 1. The van der Waals surface area contributed by atoms with Crippen LogP contribution in [0.25, 0.3) is 10.8 Å². The topological polar surface area (TPSA) is 52.0 Å². The number of amides is 1. The lowest BCUT2D eigenvalue weighted by molar-refractivity contribution is -0.129. The van der Waals surface area contributed by atoms with Gasteiger partial charge < -0.3 is 4.90 Å². The zero-order valence-corrected chi connectivity index (χ0v) is 18.5. The Bertz CT molecular complexity index is 1070. The van der Waals surface area contributed by atoms with Crippen molar-refractivity contribution in [3.05, 3.63) is 72.4 Å². The zero-order valence-electron chi connectivity index (χ0n) is 18.5. The maximum absolute atomic E-state index is 13.9. The Morgan fingerprint density at radius 3 is 2.52 bits per heavy atom. The maximum atomic E-state index is 13.9. The first kappa shape index (κ1) is 20.8. The van der Waals surface area contributed by atoms with Crippen LogP contribution in [-0.2, 0) is 4.79 Å². The van der Waals surface area contributed by atoms with E-state index in [1.165, 1.54) is 0 Å². The molecule has 1 fully saturated rings. The third-order valence-electron chi connectivity index (χ3n) is 5.36. The molecule has 1 saturated heterocycles. The molecule has 2 unspecified atom stereocenters. The molecule has 0 spiro atoms. The summed E-state index contributed by atoms with van der Waals surface area (Å²) in [7, 11) is 3.87. The van der Waals surface area contributed by atoms with Crippen LogP contribution in [0.3, 0.4) is 0 Å². The van der Waals surface area contributed by atoms with Gasteiger partial charge in [-0.1, -0.05) is 62.4 Å². The van der Waals surface area contributed by atoms with Crippen LogP contribution in [0.5, 0.6) is 0 Å². The van der Waals surface area contributed by atoms with Crippen molar-refractivity contribution in [2.24, 2.45) is 10.9 Å². The van der Waals surface area contributed by atoms with Gasteiger partial charge in [0.1, 0.15) is 11.7 Å². The van der Waals surface area contributed by atoms with Crippen molar-refractivity contribution in [2.75, 3.05) is 25.6 Å². The van der Waals surface area contributed by atoms with E-state index in [2.05, 4.69) is 43.1 Å². The molecule has 3 aromatic rings. The van der Waals surface area contributed by atoms with E-state index in [0.717, 1.165) is 22.2 Å². The van der Waals surface area contributed by atoms with Crippen LogP contribution < -0.4 is 5.01 Å². The lowest BCUT2D eigenvalue weighted by atomic mass is 9.91. The quantitative estimate of drug-likeness (QED) is 0.448. The van der Waals surface area contributed by atoms with Crippen molar-refractivity contribution in [2.45, 2.75) is 25.9 Å². The normalized spacial score (nSPS) is 19.2. The van der Waals surface area contributed by atoms with Crippen LogP contribution in [0.2, 0.25) is 0 Å². The van der Waals surface area contributed by atoms with Crippen molar-refractivity contribution < 1.29 is 4.79 Å². The predicted octanol–water partition coefficient (Wildman–Crippen LogP) is 4.15.